The fourth-order valence-corrected chi connectivity index (χ4v) is 2.27. The molecule has 4 nitrogen and oxygen atoms in total. The summed E-state index contributed by atoms with van der Waals surface area (Å²) in [5.41, 5.74) is 3.90. The maximum atomic E-state index is 11.5. The predicted octanol–water partition coefficient (Wildman–Crippen LogP) is 3.46. The highest BCUT2D eigenvalue weighted by atomic mass is 16.5. The number of carboxylic acid groups (broad SMARTS) is 1. The summed E-state index contributed by atoms with van der Waals surface area (Å²) in [6.45, 7) is 6.05. The van der Waals surface area contributed by atoms with Gasteiger partial charge in [-0.15, -0.1) is 0 Å². The van der Waals surface area contributed by atoms with Crippen LogP contribution in [0, 0.1) is 20.8 Å². The molecule has 0 bridgehead atoms. The Kier molecular flexibility index (Phi) is 4.61. The van der Waals surface area contributed by atoms with Crippen LogP contribution in [0.1, 0.15) is 32.6 Å². The standard InChI is InChI=1S/C18H18O4/c1-11-4-6-14(7-5-11)10-22-17-12(2)8-15(9-13(17)3)16(19)18(20)21/h4-9H,10H2,1-3H3,(H,20,21). The quantitative estimate of drug-likeness (QED) is 0.678. The fraction of sp³-hybridized carbons (Fsp3) is 0.222. The third-order valence-corrected chi connectivity index (χ3v) is 3.42. The zero-order valence-corrected chi connectivity index (χ0v) is 12.8. The number of aryl methyl sites for hydroxylation is 3. The topological polar surface area (TPSA) is 63.6 Å². The summed E-state index contributed by atoms with van der Waals surface area (Å²) in [4.78, 5) is 22.3. The molecule has 0 unspecified atom stereocenters. The molecular formula is C18H18O4. The van der Waals surface area contributed by atoms with Crippen molar-refractivity contribution in [3.8, 4) is 5.75 Å². The van der Waals surface area contributed by atoms with Crippen LogP contribution in [-0.4, -0.2) is 16.9 Å². The molecule has 0 aliphatic carbocycles. The number of aliphatic carboxylic acids is 1. The first kappa shape index (κ1) is 15.8. The lowest BCUT2D eigenvalue weighted by molar-refractivity contribution is -0.131. The molecule has 0 fully saturated rings. The van der Waals surface area contributed by atoms with Crippen LogP contribution >= 0.6 is 0 Å². The second-order valence-electron chi connectivity index (χ2n) is 5.35. The molecule has 0 amide bonds. The van der Waals surface area contributed by atoms with Gasteiger partial charge in [0, 0.05) is 5.56 Å². The Hall–Kier alpha value is -2.62. The van der Waals surface area contributed by atoms with E-state index in [0.29, 0.717) is 12.4 Å². The largest absolute Gasteiger partial charge is 0.488 e. The number of ketones is 1. The average molecular weight is 298 g/mol. The second-order valence-corrected chi connectivity index (χ2v) is 5.35. The van der Waals surface area contributed by atoms with Crippen LogP contribution in [0.2, 0.25) is 0 Å². The minimum absolute atomic E-state index is 0.171. The number of hydrogen-bond acceptors (Lipinski definition) is 3. The van der Waals surface area contributed by atoms with Gasteiger partial charge in [-0.05, 0) is 49.6 Å². The van der Waals surface area contributed by atoms with E-state index in [2.05, 4.69) is 0 Å². The van der Waals surface area contributed by atoms with Crippen LogP contribution < -0.4 is 4.74 Å². The molecule has 1 N–H and O–H groups in total. The SMILES string of the molecule is Cc1ccc(COc2c(C)cc(C(=O)C(=O)O)cc2C)cc1. The molecule has 0 aromatic heterocycles. The Morgan fingerprint density at radius 1 is 1.00 bits per heavy atom. The molecular weight excluding hydrogens is 280 g/mol. The Balaban J connectivity index is 2.19. The summed E-state index contributed by atoms with van der Waals surface area (Å²) in [5.74, 6) is -1.68. The number of hydrogen-bond donors (Lipinski definition) is 1. The van der Waals surface area contributed by atoms with E-state index in [0.717, 1.165) is 16.7 Å². The molecule has 0 aliphatic rings. The molecule has 0 spiro atoms. The third-order valence-electron chi connectivity index (χ3n) is 3.42. The lowest BCUT2D eigenvalue weighted by Crippen LogP contribution is -2.13. The predicted molar refractivity (Wildman–Crippen MR) is 83.4 cm³/mol. The molecule has 0 saturated carbocycles. The van der Waals surface area contributed by atoms with E-state index in [1.807, 2.05) is 31.2 Å². The van der Waals surface area contributed by atoms with Gasteiger partial charge in [-0.1, -0.05) is 29.8 Å². The summed E-state index contributed by atoms with van der Waals surface area (Å²) in [7, 11) is 0. The van der Waals surface area contributed by atoms with Crippen molar-refractivity contribution in [3.63, 3.8) is 0 Å². The van der Waals surface area contributed by atoms with E-state index < -0.39 is 11.8 Å². The van der Waals surface area contributed by atoms with Crippen molar-refractivity contribution in [2.45, 2.75) is 27.4 Å². The number of Topliss-reactive ketones (excluding diaryl/α,β-unsaturated/α-hetero) is 1. The minimum atomic E-state index is -1.45. The van der Waals surface area contributed by atoms with Gasteiger partial charge in [0.1, 0.15) is 12.4 Å². The number of rotatable bonds is 5. The second kappa shape index (κ2) is 6.43. The fourth-order valence-electron chi connectivity index (χ4n) is 2.27. The summed E-state index contributed by atoms with van der Waals surface area (Å²) < 4.78 is 5.83. The summed E-state index contributed by atoms with van der Waals surface area (Å²) in [6, 6.07) is 11.1. The average Bonchev–Trinajstić information content (AvgIpc) is 2.47. The maximum absolute atomic E-state index is 11.5. The van der Waals surface area contributed by atoms with E-state index in [1.54, 1.807) is 26.0 Å². The number of ether oxygens (including phenoxy) is 1. The molecule has 2 aromatic rings. The van der Waals surface area contributed by atoms with Gasteiger partial charge in [0.2, 0.25) is 0 Å². The van der Waals surface area contributed by atoms with Crippen molar-refractivity contribution >= 4 is 11.8 Å². The summed E-state index contributed by atoms with van der Waals surface area (Å²) in [5, 5.41) is 8.78. The van der Waals surface area contributed by atoms with Crippen molar-refractivity contribution in [1.82, 2.24) is 0 Å². The maximum Gasteiger partial charge on any atom is 0.377 e. The molecule has 4 heteroatoms. The highest BCUT2D eigenvalue weighted by molar-refractivity contribution is 6.39. The van der Waals surface area contributed by atoms with Crippen LogP contribution in [0.4, 0.5) is 0 Å². The molecule has 0 heterocycles. The molecule has 22 heavy (non-hydrogen) atoms. The van der Waals surface area contributed by atoms with Crippen molar-refractivity contribution in [2.24, 2.45) is 0 Å². The highest BCUT2D eigenvalue weighted by Crippen LogP contribution is 2.26. The molecule has 0 aliphatic heterocycles. The normalized spacial score (nSPS) is 10.3. The van der Waals surface area contributed by atoms with Crippen LogP contribution in [0.25, 0.3) is 0 Å². The van der Waals surface area contributed by atoms with E-state index in [1.165, 1.54) is 5.56 Å². The summed E-state index contributed by atoms with van der Waals surface area (Å²) in [6.07, 6.45) is 0. The van der Waals surface area contributed by atoms with Gasteiger partial charge in [0.25, 0.3) is 5.78 Å². The Morgan fingerprint density at radius 3 is 2.05 bits per heavy atom. The van der Waals surface area contributed by atoms with Gasteiger partial charge in [-0.2, -0.15) is 0 Å². The van der Waals surface area contributed by atoms with Crippen LogP contribution in [0.3, 0.4) is 0 Å². The van der Waals surface area contributed by atoms with Gasteiger partial charge >= 0.3 is 5.97 Å². The monoisotopic (exact) mass is 298 g/mol. The van der Waals surface area contributed by atoms with Crippen LogP contribution in [0.5, 0.6) is 5.75 Å². The Morgan fingerprint density at radius 2 is 1.55 bits per heavy atom. The molecule has 114 valence electrons. The van der Waals surface area contributed by atoms with Crippen molar-refractivity contribution in [2.75, 3.05) is 0 Å². The Bertz CT molecular complexity index is 691. The van der Waals surface area contributed by atoms with Crippen LogP contribution in [0.15, 0.2) is 36.4 Å². The number of carbonyl (C=O) groups is 2. The first-order chi connectivity index (χ1) is 10.4. The molecule has 2 rings (SSSR count). The van der Waals surface area contributed by atoms with E-state index in [4.69, 9.17) is 9.84 Å². The smallest absolute Gasteiger partial charge is 0.377 e. The van der Waals surface area contributed by atoms with E-state index in [-0.39, 0.29) is 5.56 Å². The Labute approximate surface area is 129 Å². The van der Waals surface area contributed by atoms with E-state index >= 15 is 0 Å². The first-order valence-electron chi connectivity index (χ1n) is 6.95. The zero-order valence-electron chi connectivity index (χ0n) is 12.8. The van der Waals surface area contributed by atoms with Crippen molar-refractivity contribution < 1.29 is 19.4 Å². The van der Waals surface area contributed by atoms with Gasteiger partial charge in [0.15, 0.2) is 0 Å². The van der Waals surface area contributed by atoms with Crippen molar-refractivity contribution in [3.05, 3.63) is 64.2 Å². The lowest BCUT2D eigenvalue weighted by atomic mass is 10.0. The highest BCUT2D eigenvalue weighted by Gasteiger charge is 2.17. The molecule has 0 radical (unpaired) electrons. The van der Waals surface area contributed by atoms with Gasteiger partial charge in [0.05, 0.1) is 0 Å². The zero-order chi connectivity index (χ0) is 16.3. The first-order valence-corrected chi connectivity index (χ1v) is 6.95. The molecule has 0 saturated heterocycles. The molecule has 0 atom stereocenters. The van der Waals surface area contributed by atoms with Crippen LogP contribution in [-0.2, 0) is 11.4 Å². The minimum Gasteiger partial charge on any atom is -0.488 e. The number of carbonyl (C=O) groups excluding carboxylic acids is 1. The van der Waals surface area contributed by atoms with Gasteiger partial charge in [-0.3, -0.25) is 4.79 Å². The van der Waals surface area contributed by atoms with E-state index in [9.17, 15) is 9.59 Å². The molecule has 2 aromatic carbocycles. The number of benzene rings is 2. The summed E-state index contributed by atoms with van der Waals surface area (Å²) >= 11 is 0. The van der Waals surface area contributed by atoms with Gasteiger partial charge < -0.3 is 9.84 Å². The van der Waals surface area contributed by atoms with Crippen molar-refractivity contribution in [1.29, 1.82) is 0 Å². The lowest BCUT2D eigenvalue weighted by Gasteiger charge is -2.13. The number of carboxylic acids is 1. The third kappa shape index (κ3) is 3.52. The van der Waals surface area contributed by atoms with Gasteiger partial charge in [-0.25, -0.2) is 4.79 Å².